The minimum atomic E-state index is -4.35. The molecule has 7 heteroatoms. The molecule has 122 valence electrons. The number of sulfonamides is 1. The molecule has 3 rings (SSSR count). The van der Waals surface area contributed by atoms with Gasteiger partial charge in [-0.1, -0.05) is 36.4 Å². The van der Waals surface area contributed by atoms with E-state index >= 15 is 0 Å². The highest BCUT2D eigenvalue weighted by atomic mass is 32.2. The molecule has 0 unspecified atom stereocenters. The zero-order valence-electron chi connectivity index (χ0n) is 12.3. The molecule has 1 aromatic heterocycles. The SMILES string of the molecule is NS(=O)(=O)c1cc(F)c(-c2cccnc2-c2ccccc2)cc1F. The summed E-state index contributed by atoms with van der Waals surface area (Å²) >= 11 is 0. The predicted molar refractivity (Wildman–Crippen MR) is 86.4 cm³/mol. The number of benzene rings is 2. The highest BCUT2D eigenvalue weighted by Gasteiger charge is 2.20. The monoisotopic (exact) mass is 346 g/mol. The van der Waals surface area contributed by atoms with Gasteiger partial charge in [-0.2, -0.15) is 0 Å². The Morgan fingerprint density at radius 1 is 0.875 bits per heavy atom. The smallest absolute Gasteiger partial charge is 0.241 e. The first-order valence-electron chi connectivity index (χ1n) is 6.90. The standard InChI is InChI=1S/C17H12F2N2O2S/c18-14-10-16(24(20,22)23)15(19)9-13(14)12-7-4-8-21-17(12)11-5-2-1-3-6-11/h1-10H,(H2,20,22,23). The first-order chi connectivity index (χ1) is 11.4. The van der Waals surface area contributed by atoms with Crippen LogP contribution in [-0.4, -0.2) is 13.4 Å². The molecule has 2 N–H and O–H groups in total. The summed E-state index contributed by atoms with van der Waals surface area (Å²) in [7, 11) is -4.35. The molecule has 0 aliphatic carbocycles. The summed E-state index contributed by atoms with van der Waals surface area (Å²) in [6.45, 7) is 0. The summed E-state index contributed by atoms with van der Waals surface area (Å²) in [5, 5.41) is 4.89. The van der Waals surface area contributed by atoms with E-state index in [4.69, 9.17) is 5.14 Å². The molecular formula is C17H12F2N2O2S. The van der Waals surface area contributed by atoms with Crippen molar-refractivity contribution in [1.29, 1.82) is 0 Å². The molecule has 3 aromatic rings. The predicted octanol–water partition coefficient (Wildman–Crippen LogP) is 3.34. The highest BCUT2D eigenvalue weighted by Crippen LogP contribution is 2.33. The van der Waals surface area contributed by atoms with Crippen LogP contribution in [0.25, 0.3) is 22.4 Å². The lowest BCUT2D eigenvalue weighted by Crippen LogP contribution is -2.14. The summed E-state index contributed by atoms with van der Waals surface area (Å²) in [4.78, 5) is 3.35. The fourth-order valence-corrected chi connectivity index (χ4v) is 3.00. The maximum absolute atomic E-state index is 14.4. The van der Waals surface area contributed by atoms with Crippen molar-refractivity contribution in [1.82, 2.24) is 4.98 Å². The number of pyridine rings is 1. The normalized spacial score (nSPS) is 11.5. The van der Waals surface area contributed by atoms with Crippen molar-refractivity contribution in [2.45, 2.75) is 4.90 Å². The number of nitrogens with two attached hydrogens (primary N) is 1. The molecule has 4 nitrogen and oxygen atoms in total. The molecule has 1 heterocycles. The van der Waals surface area contributed by atoms with Crippen molar-refractivity contribution in [3.63, 3.8) is 0 Å². The van der Waals surface area contributed by atoms with Crippen LogP contribution >= 0.6 is 0 Å². The third-order valence-electron chi connectivity index (χ3n) is 3.47. The number of nitrogens with zero attached hydrogens (tertiary/aromatic N) is 1. The van der Waals surface area contributed by atoms with E-state index < -0.39 is 26.6 Å². The summed E-state index contributed by atoms with van der Waals surface area (Å²) < 4.78 is 51.1. The van der Waals surface area contributed by atoms with Crippen LogP contribution in [-0.2, 0) is 10.0 Å². The second-order valence-electron chi connectivity index (χ2n) is 5.07. The number of primary sulfonamides is 1. The molecule has 0 spiro atoms. The first-order valence-corrected chi connectivity index (χ1v) is 8.45. The van der Waals surface area contributed by atoms with Crippen molar-refractivity contribution < 1.29 is 17.2 Å². The van der Waals surface area contributed by atoms with E-state index in [2.05, 4.69) is 4.98 Å². The van der Waals surface area contributed by atoms with E-state index in [0.29, 0.717) is 17.3 Å². The van der Waals surface area contributed by atoms with Gasteiger partial charge >= 0.3 is 0 Å². The fourth-order valence-electron chi connectivity index (χ4n) is 2.40. The van der Waals surface area contributed by atoms with Crippen molar-refractivity contribution >= 4 is 10.0 Å². The molecule has 0 aliphatic heterocycles. The van der Waals surface area contributed by atoms with Crippen molar-refractivity contribution in [2.24, 2.45) is 5.14 Å². The lowest BCUT2D eigenvalue weighted by atomic mass is 9.99. The van der Waals surface area contributed by atoms with Gasteiger partial charge in [0.05, 0.1) is 5.69 Å². The van der Waals surface area contributed by atoms with E-state index in [-0.39, 0.29) is 5.56 Å². The third kappa shape index (κ3) is 3.04. The Morgan fingerprint density at radius 2 is 1.58 bits per heavy atom. The molecule has 0 saturated heterocycles. The quantitative estimate of drug-likeness (QED) is 0.790. The van der Waals surface area contributed by atoms with Crippen molar-refractivity contribution in [3.05, 3.63) is 72.4 Å². The summed E-state index contributed by atoms with van der Waals surface area (Å²) in [6.07, 6.45) is 1.54. The third-order valence-corrected chi connectivity index (χ3v) is 4.40. The number of halogens is 2. The van der Waals surface area contributed by atoms with Gasteiger partial charge in [-0.15, -0.1) is 0 Å². The lowest BCUT2D eigenvalue weighted by molar-refractivity contribution is 0.555. The van der Waals surface area contributed by atoms with Gasteiger partial charge in [-0.05, 0) is 18.2 Å². The number of rotatable bonds is 3. The van der Waals surface area contributed by atoms with Gasteiger partial charge in [0.2, 0.25) is 10.0 Å². The molecule has 2 aromatic carbocycles. The average Bonchev–Trinajstić information content (AvgIpc) is 2.56. The Kier molecular flexibility index (Phi) is 4.13. The molecule has 0 radical (unpaired) electrons. The topological polar surface area (TPSA) is 73.1 Å². The van der Waals surface area contributed by atoms with E-state index in [1.54, 1.807) is 42.6 Å². The average molecular weight is 346 g/mol. The number of hydrogen-bond donors (Lipinski definition) is 1. The van der Waals surface area contributed by atoms with Gasteiger partial charge < -0.3 is 0 Å². The van der Waals surface area contributed by atoms with Crippen LogP contribution in [0.3, 0.4) is 0 Å². The zero-order chi connectivity index (χ0) is 17.3. The molecule has 0 saturated carbocycles. The second-order valence-corrected chi connectivity index (χ2v) is 6.60. The van der Waals surface area contributed by atoms with Crippen LogP contribution in [0.15, 0.2) is 65.7 Å². The van der Waals surface area contributed by atoms with Crippen LogP contribution in [0.4, 0.5) is 8.78 Å². The Hall–Kier alpha value is -2.64. The Bertz CT molecular complexity index is 1010. The Morgan fingerprint density at radius 3 is 2.25 bits per heavy atom. The first kappa shape index (κ1) is 16.2. The van der Waals surface area contributed by atoms with E-state index in [9.17, 15) is 17.2 Å². The minimum Gasteiger partial charge on any atom is -0.256 e. The van der Waals surface area contributed by atoms with Gasteiger partial charge in [-0.25, -0.2) is 22.3 Å². The van der Waals surface area contributed by atoms with Gasteiger partial charge in [0.1, 0.15) is 16.5 Å². The van der Waals surface area contributed by atoms with E-state index in [0.717, 1.165) is 11.6 Å². The van der Waals surface area contributed by atoms with Gasteiger partial charge in [0.25, 0.3) is 0 Å². The molecule has 0 amide bonds. The second kappa shape index (κ2) is 6.10. The van der Waals surface area contributed by atoms with Crippen LogP contribution in [0.1, 0.15) is 0 Å². The molecule has 0 atom stereocenters. The Labute approximate surface area is 137 Å². The summed E-state index contributed by atoms with van der Waals surface area (Å²) in [5.41, 5.74) is 1.44. The molecule has 0 fully saturated rings. The van der Waals surface area contributed by atoms with Crippen LogP contribution < -0.4 is 5.14 Å². The molecule has 0 aliphatic rings. The van der Waals surface area contributed by atoms with Crippen molar-refractivity contribution in [3.8, 4) is 22.4 Å². The zero-order valence-corrected chi connectivity index (χ0v) is 13.1. The largest absolute Gasteiger partial charge is 0.256 e. The fraction of sp³-hybridized carbons (Fsp3) is 0. The van der Waals surface area contributed by atoms with E-state index in [1.807, 2.05) is 6.07 Å². The highest BCUT2D eigenvalue weighted by molar-refractivity contribution is 7.89. The minimum absolute atomic E-state index is 0.0909. The lowest BCUT2D eigenvalue weighted by Gasteiger charge is -2.11. The van der Waals surface area contributed by atoms with Gasteiger partial charge in [-0.3, -0.25) is 4.98 Å². The maximum Gasteiger partial charge on any atom is 0.241 e. The molecular weight excluding hydrogens is 334 g/mol. The summed E-state index contributed by atoms with van der Waals surface area (Å²) in [5.74, 6) is -2.01. The maximum atomic E-state index is 14.4. The van der Waals surface area contributed by atoms with Crippen LogP contribution in [0.2, 0.25) is 0 Å². The van der Waals surface area contributed by atoms with Crippen molar-refractivity contribution in [2.75, 3.05) is 0 Å². The molecule has 0 bridgehead atoms. The van der Waals surface area contributed by atoms with Gasteiger partial charge in [0.15, 0.2) is 0 Å². The van der Waals surface area contributed by atoms with Crippen LogP contribution in [0.5, 0.6) is 0 Å². The number of aromatic nitrogens is 1. The molecule has 24 heavy (non-hydrogen) atoms. The van der Waals surface area contributed by atoms with Gasteiger partial charge in [0, 0.05) is 22.9 Å². The number of hydrogen-bond acceptors (Lipinski definition) is 3. The Balaban J connectivity index is 2.23. The van der Waals surface area contributed by atoms with E-state index in [1.165, 1.54) is 0 Å². The van der Waals surface area contributed by atoms with Crippen LogP contribution in [0, 0.1) is 11.6 Å². The summed E-state index contributed by atoms with van der Waals surface area (Å²) in [6, 6.07) is 13.6.